The summed E-state index contributed by atoms with van der Waals surface area (Å²) in [7, 11) is 0. The molecule has 4 saturated carbocycles. The number of thioether (sulfide) groups is 1. The van der Waals surface area contributed by atoms with E-state index in [1.807, 2.05) is 0 Å². The molecule has 0 aromatic carbocycles. The van der Waals surface area contributed by atoms with Gasteiger partial charge in [-0.25, -0.2) is 0 Å². The maximum atomic E-state index is 4.11. The fraction of sp³-hybridized carbons (Fsp3) is 0.889. The van der Waals surface area contributed by atoms with Crippen molar-refractivity contribution in [2.75, 3.05) is 5.75 Å². The third-order valence-corrected chi connectivity index (χ3v) is 8.44. The molecule has 0 amide bonds. The highest BCUT2D eigenvalue weighted by atomic mass is 32.2. The van der Waals surface area contributed by atoms with E-state index < -0.39 is 0 Å². The number of hydrogen-bond acceptors (Lipinski definition) is 1. The van der Waals surface area contributed by atoms with E-state index in [1.165, 1.54) is 25.0 Å². The minimum absolute atomic E-state index is 0.881. The van der Waals surface area contributed by atoms with Crippen LogP contribution in [0.1, 0.15) is 45.4 Å². The SMILES string of the molecule is C=C[C@H]1CC2CC1C1C2[C@@H]2C[C@@H](SCCCC)[C@H]1C2. The first-order valence-electron chi connectivity index (χ1n) is 8.57. The first-order valence-corrected chi connectivity index (χ1v) is 9.62. The van der Waals surface area contributed by atoms with Gasteiger partial charge in [-0.1, -0.05) is 19.4 Å². The van der Waals surface area contributed by atoms with Crippen LogP contribution in [0.3, 0.4) is 0 Å². The van der Waals surface area contributed by atoms with Gasteiger partial charge >= 0.3 is 0 Å². The van der Waals surface area contributed by atoms with E-state index in [9.17, 15) is 0 Å². The van der Waals surface area contributed by atoms with Crippen molar-refractivity contribution in [3.63, 3.8) is 0 Å². The largest absolute Gasteiger partial charge is 0.158 e. The van der Waals surface area contributed by atoms with Crippen molar-refractivity contribution in [2.24, 2.45) is 41.4 Å². The number of allylic oxidation sites excluding steroid dienone is 1. The molecule has 4 bridgehead atoms. The molecule has 4 aliphatic carbocycles. The van der Waals surface area contributed by atoms with Gasteiger partial charge in [0.05, 0.1) is 0 Å². The Morgan fingerprint density at radius 2 is 1.84 bits per heavy atom. The fourth-order valence-electron chi connectivity index (χ4n) is 6.44. The van der Waals surface area contributed by atoms with E-state index in [1.54, 1.807) is 19.3 Å². The van der Waals surface area contributed by atoms with Crippen LogP contribution in [-0.2, 0) is 0 Å². The summed E-state index contributed by atoms with van der Waals surface area (Å²) in [6.45, 7) is 6.43. The van der Waals surface area contributed by atoms with Crippen molar-refractivity contribution in [3.05, 3.63) is 12.7 Å². The summed E-state index contributed by atoms with van der Waals surface area (Å²) in [6, 6.07) is 0. The Morgan fingerprint density at radius 1 is 1.05 bits per heavy atom. The Morgan fingerprint density at radius 3 is 2.63 bits per heavy atom. The van der Waals surface area contributed by atoms with Gasteiger partial charge in [0.2, 0.25) is 0 Å². The molecule has 0 saturated heterocycles. The zero-order chi connectivity index (χ0) is 13.0. The summed E-state index contributed by atoms with van der Waals surface area (Å²) >= 11 is 2.33. The first-order chi connectivity index (χ1) is 9.33. The minimum atomic E-state index is 0.881. The fourth-order valence-corrected chi connectivity index (χ4v) is 8.12. The Balaban J connectivity index is 1.47. The predicted molar refractivity (Wildman–Crippen MR) is 84.2 cm³/mol. The summed E-state index contributed by atoms with van der Waals surface area (Å²) in [5.74, 6) is 8.90. The van der Waals surface area contributed by atoms with Crippen molar-refractivity contribution in [2.45, 2.75) is 50.7 Å². The highest BCUT2D eigenvalue weighted by Crippen LogP contribution is 2.70. The molecule has 0 nitrogen and oxygen atoms in total. The third-order valence-electron chi connectivity index (χ3n) is 6.94. The van der Waals surface area contributed by atoms with Crippen LogP contribution in [0.4, 0.5) is 0 Å². The van der Waals surface area contributed by atoms with E-state index in [-0.39, 0.29) is 0 Å². The van der Waals surface area contributed by atoms with Crippen molar-refractivity contribution in [1.82, 2.24) is 0 Å². The molecule has 1 heteroatoms. The average molecular weight is 276 g/mol. The summed E-state index contributed by atoms with van der Waals surface area (Å²) in [4.78, 5) is 0. The quantitative estimate of drug-likeness (QED) is 0.387. The monoisotopic (exact) mass is 276 g/mol. The maximum Gasteiger partial charge on any atom is 0.00810 e. The molecule has 0 N–H and O–H groups in total. The average Bonchev–Trinajstić information content (AvgIpc) is 3.15. The zero-order valence-corrected chi connectivity index (χ0v) is 13.1. The van der Waals surface area contributed by atoms with Gasteiger partial charge in [-0.2, -0.15) is 11.8 Å². The van der Waals surface area contributed by atoms with Crippen molar-refractivity contribution in [3.8, 4) is 0 Å². The van der Waals surface area contributed by atoms with Gasteiger partial charge < -0.3 is 0 Å². The van der Waals surface area contributed by atoms with Crippen LogP contribution in [0, 0.1) is 41.4 Å². The zero-order valence-electron chi connectivity index (χ0n) is 12.3. The van der Waals surface area contributed by atoms with Crippen LogP contribution >= 0.6 is 11.8 Å². The second-order valence-corrected chi connectivity index (χ2v) is 8.95. The molecule has 8 atom stereocenters. The molecule has 0 heterocycles. The smallest absolute Gasteiger partial charge is 0.00810 e. The van der Waals surface area contributed by atoms with Crippen LogP contribution < -0.4 is 0 Å². The number of unbranched alkanes of at least 4 members (excludes halogenated alkanes) is 1. The number of fused-ring (bicyclic) bond motifs is 9. The summed E-state index contributed by atoms with van der Waals surface area (Å²) in [5, 5.41) is 1.03. The van der Waals surface area contributed by atoms with Gasteiger partial charge in [0, 0.05) is 5.25 Å². The van der Waals surface area contributed by atoms with Gasteiger partial charge in [-0.3, -0.25) is 0 Å². The third kappa shape index (κ3) is 1.79. The lowest BCUT2D eigenvalue weighted by atomic mass is 9.67. The summed E-state index contributed by atoms with van der Waals surface area (Å²) in [5.41, 5.74) is 0. The molecule has 19 heavy (non-hydrogen) atoms. The van der Waals surface area contributed by atoms with Crippen LogP contribution in [0.5, 0.6) is 0 Å². The van der Waals surface area contributed by atoms with Crippen LogP contribution in [-0.4, -0.2) is 11.0 Å². The molecule has 0 aromatic heterocycles. The highest BCUT2D eigenvalue weighted by molar-refractivity contribution is 7.99. The van der Waals surface area contributed by atoms with Crippen LogP contribution in [0.2, 0.25) is 0 Å². The van der Waals surface area contributed by atoms with Crippen molar-refractivity contribution >= 4 is 11.8 Å². The number of rotatable bonds is 5. The number of hydrogen-bond donors (Lipinski definition) is 0. The molecular weight excluding hydrogens is 248 g/mol. The molecular formula is C18H28S. The highest BCUT2D eigenvalue weighted by Gasteiger charge is 2.63. The van der Waals surface area contributed by atoms with Crippen molar-refractivity contribution in [1.29, 1.82) is 0 Å². The minimum Gasteiger partial charge on any atom is -0.158 e. The van der Waals surface area contributed by atoms with Gasteiger partial charge in [0.15, 0.2) is 0 Å². The van der Waals surface area contributed by atoms with Crippen LogP contribution in [0.15, 0.2) is 12.7 Å². The summed E-state index contributed by atoms with van der Waals surface area (Å²) < 4.78 is 0. The van der Waals surface area contributed by atoms with Gasteiger partial charge in [-0.15, -0.1) is 6.58 Å². The first kappa shape index (κ1) is 12.8. The van der Waals surface area contributed by atoms with E-state index in [0.29, 0.717) is 0 Å². The Hall–Kier alpha value is 0.0900. The van der Waals surface area contributed by atoms with Crippen LogP contribution in [0.25, 0.3) is 0 Å². The maximum absolute atomic E-state index is 4.11. The topological polar surface area (TPSA) is 0 Å². The predicted octanol–water partition coefficient (Wildman–Crippen LogP) is 5.00. The van der Waals surface area contributed by atoms with E-state index in [2.05, 4.69) is 31.3 Å². The van der Waals surface area contributed by atoms with Gasteiger partial charge in [0.25, 0.3) is 0 Å². The molecule has 4 rings (SSSR count). The second kappa shape index (κ2) is 4.83. The summed E-state index contributed by atoms with van der Waals surface area (Å²) in [6.07, 6.45) is 11.3. The van der Waals surface area contributed by atoms with Gasteiger partial charge in [0.1, 0.15) is 0 Å². The van der Waals surface area contributed by atoms with E-state index in [4.69, 9.17) is 0 Å². The van der Waals surface area contributed by atoms with Crippen molar-refractivity contribution < 1.29 is 0 Å². The van der Waals surface area contributed by atoms with E-state index in [0.717, 1.165) is 46.7 Å². The second-order valence-electron chi connectivity index (χ2n) is 7.61. The van der Waals surface area contributed by atoms with E-state index >= 15 is 0 Å². The Labute approximate surface area is 122 Å². The molecule has 0 radical (unpaired) electrons. The molecule has 0 spiro atoms. The normalized spacial score (nSPS) is 53.7. The molecule has 4 fully saturated rings. The molecule has 4 unspecified atom stereocenters. The molecule has 106 valence electrons. The lowest BCUT2D eigenvalue weighted by molar-refractivity contribution is 0.125. The Bertz CT molecular complexity index is 363. The Kier molecular flexibility index (Phi) is 3.25. The van der Waals surface area contributed by atoms with Gasteiger partial charge in [-0.05, 0) is 79.3 Å². The molecule has 4 aliphatic rings. The standard InChI is InChI=1S/C18H28S/c1-3-5-6-19-16-10-13-9-15(16)18-14-8-12(17(13)18)7-11(14)4-2/h4,11-18H,2-3,5-10H2,1H3/t11-,12?,13-,14?,15+,16+,17?,18?/m0/s1. The molecule has 0 aliphatic heterocycles. The molecule has 0 aromatic rings. The lowest BCUT2D eigenvalue weighted by Gasteiger charge is -2.41. The lowest BCUT2D eigenvalue weighted by Crippen LogP contribution is -2.36.